The van der Waals surface area contributed by atoms with E-state index in [4.69, 9.17) is 0 Å². The molecule has 0 aliphatic carbocycles. The summed E-state index contributed by atoms with van der Waals surface area (Å²) in [5, 5.41) is 6.59. The molecule has 0 spiro atoms. The SMILES string of the molecule is CN=C(NCCc1cccnc1)NC1CCN(c2c(F)cccc2F)C1.I. The van der Waals surface area contributed by atoms with E-state index in [2.05, 4.69) is 20.6 Å². The third-order valence-electron chi connectivity index (χ3n) is 4.44. The zero-order chi connectivity index (χ0) is 18.4. The number of halogens is 3. The second-order valence-corrected chi connectivity index (χ2v) is 6.26. The molecule has 1 saturated heterocycles. The molecule has 1 unspecified atom stereocenters. The van der Waals surface area contributed by atoms with Crippen LogP contribution in [0.1, 0.15) is 12.0 Å². The molecule has 1 aromatic heterocycles. The van der Waals surface area contributed by atoms with Crippen molar-refractivity contribution < 1.29 is 8.78 Å². The lowest BCUT2D eigenvalue weighted by Crippen LogP contribution is -2.45. The minimum absolute atomic E-state index is 0. The van der Waals surface area contributed by atoms with Gasteiger partial charge in [-0.2, -0.15) is 0 Å². The van der Waals surface area contributed by atoms with Gasteiger partial charge < -0.3 is 15.5 Å². The Morgan fingerprint density at radius 1 is 1.26 bits per heavy atom. The molecule has 1 atom stereocenters. The number of hydrogen-bond acceptors (Lipinski definition) is 3. The highest BCUT2D eigenvalue weighted by atomic mass is 127. The smallest absolute Gasteiger partial charge is 0.191 e. The zero-order valence-corrected chi connectivity index (χ0v) is 17.5. The van der Waals surface area contributed by atoms with Gasteiger partial charge in [0, 0.05) is 45.1 Å². The second-order valence-electron chi connectivity index (χ2n) is 6.26. The molecule has 0 radical (unpaired) electrons. The number of benzene rings is 1. The van der Waals surface area contributed by atoms with E-state index in [1.54, 1.807) is 18.1 Å². The Hall–Kier alpha value is -1.97. The van der Waals surface area contributed by atoms with Crippen molar-refractivity contribution in [3.05, 3.63) is 59.9 Å². The van der Waals surface area contributed by atoms with Crippen LogP contribution in [0.5, 0.6) is 0 Å². The highest BCUT2D eigenvalue weighted by Gasteiger charge is 2.27. The van der Waals surface area contributed by atoms with Crippen LogP contribution >= 0.6 is 24.0 Å². The summed E-state index contributed by atoms with van der Waals surface area (Å²) in [5.74, 6) is -0.357. The van der Waals surface area contributed by atoms with Crippen LogP contribution in [0.2, 0.25) is 0 Å². The molecule has 146 valence electrons. The lowest BCUT2D eigenvalue weighted by Gasteiger charge is -2.21. The van der Waals surface area contributed by atoms with Gasteiger partial charge in [0.05, 0.1) is 0 Å². The molecule has 5 nitrogen and oxygen atoms in total. The van der Waals surface area contributed by atoms with Crippen LogP contribution in [0.4, 0.5) is 14.5 Å². The number of guanidine groups is 1. The van der Waals surface area contributed by atoms with E-state index in [0.29, 0.717) is 19.0 Å². The number of para-hydroxylation sites is 1. The fourth-order valence-electron chi connectivity index (χ4n) is 3.13. The highest BCUT2D eigenvalue weighted by Crippen LogP contribution is 2.26. The quantitative estimate of drug-likeness (QED) is 0.387. The molecular weight excluding hydrogens is 463 g/mol. The van der Waals surface area contributed by atoms with Crippen molar-refractivity contribution >= 4 is 35.6 Å². The molecule has 1 aliphatic heterocycles. The molecule has 2 N–H and O–H groups in total. The number of aliphatic imine (C=N–C) groups is 1. The first-order valence-corrected chi connectivity index (χ1v) is 8.72. The molecular formula is C19H24F2IN5. The molecule has 1 fully saturated rings. The Bertz CT molecular complexity index is 737. The summed E-state index contributed by atoms with van der Waals surface area (Å²) >= 11 is 0. The van der Waals surface area contributed by atoms with E-state index in [-0.39, 0.29) is 35.7 Å². The van der Waals surface area contributed by atoms with Crippen molar-refractivity contribution in [2.45, 2.75) is 18.9 Å². The van der Waals surface area contributed by atoms with Crippen LogP contribution in [-0.2, 0) is 6.42 Å². The summed E-state index contributed by atoms with van der Waals surface area (Å²) in [6.45, 7) is 1.85. The number of anilines is 1. The normalized spacial score (nSPS) is 16.8. The van der Waals surface area contributed by atoms with Gasteiger partial charge in [0.1, 0.15) is 17.3 Å². The summed E-state index contributed by atoms with van der Waals surface area (Å²) in [7, 11) is 1.71. The lowest BCUT2D eigenvalue weighted by molar-refractivity contribution is 0.576. The molecule has 1 aliphatic rings. The van der Waals surface area contributed by atoms with E-state index >= 15 is 0 Å². The lowest BCUT2D eigenvalue weighted by atomic mass is 10.2. The third kappa shape index (κ3) is 5.75. The first-order chi connectivity index (χ1) is 12.7. The van der Waals surface area contributed by atoms with Gasteiger partial charge in [-0.1, -0.05) is 12.1 Å². The third-order valence-corrected chi connectivity index (χ3v) is 4.44. The van der Waals surface area contributed by atoms with Crippen LogP contribution in [-0.4, -0.2) is 43.7 Å². The Morgan fingerprint density at radius 3 is 2.70 bits per heavy atom. The molecule has 3 rings (SSSR count). The highest BCUT2D eigenvalue weighted by molar-refractivity contribution is 14.0. The Balaban J connectivity index is 0.00000261. The van der Waals surface area contributed by atoms with Gasteiger partial charge in [-0.15, -0.1) is 24.0 Å². The molecule has 2 aromatic rings. The molecule has 8 heteroatoms. The predicted molar refractivity (Wildman–Crippen MR) is 115 cm³/mol. The largest absolute Gasteiger partial charge is 0.365 e. The van der Waals surface area contributed by atoms with Gasteiger partial charge in [-0.05, 0) is 36.6 Å². The number of hydrogen-bond donors (Lipinski definition) is 2. The van der Waals surface area contributed by atoms with Crippen LogP contribution in [0.15, 0.2) is 47.7 Å². The van der Waals surface area contributed by atoms with Crippen molar-refractivity contribution in [2.75, 3.05) is 31.6 Å². The van der Waals surface area contributed by atoms with E-state index in [0.717, 1.165) is 24.9 Å². The number of nitrogens with one attached hydrogen (secondary N) is 2. The average Bonchev–Trinajstić information content (AvgIpc) is 3.09. The van der Waals surface area contributed by atoms with E-state index in [1.807, 2.05) is 18.3 Å². The van der Waals surface area contributed by atoms with Crippen LogP contribution in [0, 0.1) is 11.6 Å². The van der Waals surface area contributed by atoms with Crippen molar-refractivity contribution in [2.24, 2.45) is 4.99 Å². The summed E-state index contributed by atoms with van der Waals surface area (Å²) in [6.07, 6.45) is 5.22. The Labute approximate surface area is 175 Å². The van der Waals surface area contributed by atoms with E-state index in [1.165, 1.54) is 18.2 Å². The maximum absolute atomic E-state index is 13.9. The summed E-state index contributed by atoms with van der Waals surface area (Å²) in [5.41, 5.74) is 1.20. The van der Waals surface area contributed by atoms with E-state index < -0.39 is 11.6 Å². The number of pyridine rings is 1. The zero-order valence-electron chi connectivity index (χ0n) is 15.2. The fourth-order valence-corrected chi connectivity index (χ4v) is 3.13. The number of nitrogens with zero attached hydrogens (tertiary/aromatic N) is 3. The van der Waals surface area contributed by atoms with Crippen molar-refractivity contribution in [1.82, 2.24) is 15.6 Å². The van der Waals surface area contributed by atoms with Crippen LogP contribution in [0.25, 0.3) is 0 Å². The standard InChI is InChI=1S/C19H23F2N5.HI/c1-22-19(24-10-7-14-4-3-9-23-12-14)25-15-8-11-26(13-15)18-16(20)5-2-6-17(18)21;/h2-6,9,12,15H,7-8,10-11,13H2,1H3,(H2,22,24,25);1H. The van der Waals surface area contributed by atoms with Crippen molar-refractivity contribution in [1.29, 1.82) is 0 Å². The average molecular weight is 487 g/mol. The molecule has 27 heavy (non-hydrogen) atoms. The van der Waals surface area contributed by atoms with Crippen LogP contribution < -0.4 is 15.5 Å². The van der Waals surface area contributed by atoms with Gasteiger partial charge in [0.2, 0.25) is 0 Å². The number of aromatic nitrogens is 1. The topological polar surface area (TPSA) is 52.6 Å². The molecule has 0 bridgehead atoms. The van der Waals surface area contributed by atoms with Gasteiger partial charge in [0.15, 0.2) is 5.96 Å². The summed E-state index contributed by atoms with van der Waals surface area (Å²) in [6, 6.07) is 7.99. The Morgan fingerprint density at radius 2 is 2.04 bits per heavy atom. The van der Waals surface area contributed by atoms with Crippen molar-refractivity contribution in [3.8, 4) is 0 Å². The monoisotopic (exact) mass is 487 g/mol. The first-order valence-electron chi connectivity index (χ1n) is 8.72. The summed E-state index contributed by atoms with van der Waals surface area (Å²) < 4.78 is 27.9. The minimum atomic E-state index is -0.523. The van der Waals surface area contributed by atoms with Gasteiger partial charge >= 0.3 is 0 Å². The summed E-state index contributed by atoms with van der Waals surface area (Å²) in [4.78, 5) is 10.1. The predicted octanol–water partition coefficient (Wildman–Crippen LogP) is 2.96. The van der Waals surface area contributed by atoms with E-state index in [9.17, 15) is 8.78 Å². The molecule has 0 amide bonds. The second kappa shape index (κ2) is 10.4. The van der Waals surface area contributed by atoms with Crippen molar-refractivity contribution in [3.63, 3.8) is 0 Å². The maximum Gasteiger partial charge on any atom is 0.191 e. The van der Waals surface area contributed by atoms with Crippen LogP contribution in [0.3, 0.4) is 0 Å². The molecule has 0 saturated carbocycles. The fraction of sp³-hybridized carbons (Fsp3) is 0.368. The molecule has 2 heterocycles. The Kier molecular flexibility index (Phi) is 8.21. The maximum atomic E-state index is 13.9. The van der Waals surface area contributed by atoms with Gasteiger partial charge in [-0.3, -0.25) is 9.98 Å². The minimum Gasteiger partial charge on any atom is -0.365 e. The van der Waals surface area contributed by atoms with Gasteiger partial charge in [-0.25, -0.2) is 8.78 Å². The number of rotatable bonds is 5. The van der Waals surface area contributed by atoms with Gasteiger partial charge in [0.25, 0.3) is 0 Å². The molecule has 1 aromatic carbocycles. The first kappa shape index (κ1) is 21.3.